The van der Waals surface area contributed by atoms with Crippen molar-refractivity contribution in [3.8, 4) is 5.75 Å². The van der Waals surface area contributed by atoms with E-state index in [0.717, 1.165) is 35.9 Å². The van der Waals surface area contributed by atoms with Crippen molar-refractivity contribution in [2.45, 2.75) is 33.6 Å². The first-order valence-electron chi connectivity index (χ1n) is 5.59. The Labute approximate surface area is 92.4 Å². The molecule has 0 aliphatic carbocycles. The average Bonchev–Trinajstić information content (AvgIpc) is 2.18. The molecule has 0 saturated carbocycles. The minimum Gasteiger partial charge on any atom is -0.491 e. The topological polar surface area (TPSA) is 35.2 Å². The predicted octanol–water partition coefficient (Wildman–Crippen LogP) is 3.39. The van der Waals surface area contributed by atoms with E-state index in [2.05, 4.69) is 13.8 Å². The Kier molecular flexibility index (Phi) is 4.47. The van der Waals surface area contributed by atoms with Crippen molar-refractivity contribution in [2.24, 2.45) is 5.92 Å². The van der Waals surface area contributed by atoms with Gasteiger partial charge < -0.3 is 10.5 Å². The summed E-state index contributed by atoms with van der Waals surface area (Å²) in [4.78, 5) is 0. The van der Waals surface area contributed by atoms with Crippen molar-refractivity contribution in [1.82, 2.24) is 0 Å². The number of rotatable bonds is 5. The predicted molar refractivity (Wildman–Crippen MR) is 65.2 cm³/mol. The molecule has 0 saturated heterocycles. The molecule has 0 bridgehead atoms. The van der Waals surface area contributed by atoms with Gasteiger partial charge in [-0.3, -0.25) is 0 Å². The molecule has 15 heavy (non-hydrogen) atoms. The lowest BCUT2D eigenvalue weighted by atomic mass is 10.1. The van der Waals surface area contributed by atoms with Crippen molar-refractivity contribution >= 4 is 5.69 Å². The molecule has 0 amide bonds. The molecule has 2 heteroatoms. The maximum absolute atomic E-state index is 5.90. The SMILES string of the molecule is Cc1cccc(OCCCC(C)C)c1N. The Bertz CT molecular complexity index is 307. The van der Waals surface area contributed by atoms with Crippen molar-refractivity contribution in [3.05, 3.63) is 23.8 Å². The average molecular weight is 207 g/mol. The quantitative estimate of drug-likeness (QED) is 0.593. The van der Waals surface area contributed by atoms with Crippen LogP contribution in [-0.4, -0.2) is 6.61 Å². The Hall–Kier alpha value is -1.18. The van der Waals surface area contributed by atoms with E-state index >= 15 is 0 Å². The highest BCUT2D eigenvalue weighted by molar-refractivity contribution is 5.57. The van der Waals surface area contributed by atoms with Gasteiger partial charge >= 0.3 is 0 Å². The molecule has 2 nitrogen and oxygen atoms in total. The number of nitrogens with two attached hydrogens (primary N) is 1. The second-order valence-electron chi connectivity index (χ2n) is 4.37. The van der Waals surface area contributed by atoms with E-state index in [1.54, 1.807) is 0 Å². The molecule has 0 aromatic heterocycles. The number of nitrogen functional groups attached to an aromatic ring is 1. The summed E-state index contributed by atoms with van der Waals surface area (Å²) in [6, 6.07) is 5.90. The molecule has 0 fully saturated rings. The normalized spacial score (nSPS) is 10.7. The van der Waals surface area contributed by atoms with Crippen LogP contribution in [0.1, 0.15) is 32.3 Å². The fraction of sp³-hybridized carbons (Fsp3) is 0.538. The van der Waals surface area contributed by atoms with Crippen LogP contribution in [0.15, 0.2) is 18.2 Å². The molecule has 0 spiro atoms. The van der Waals surface area contributed by atoms with E-state index in [9.17, 15) is 0 Å². The number of para-hydroxylation sites is 1. The summed E-state index contributed by atoms with van der Waals surface area (Å²) >= 11 is 0. The molecule has 0 atom stereocenters. The summed E-state index contributed by atoms with van der Waals surface area (Å²) in [5.41, 5.74) is 7.75. The highest BCUT2D eigenvalue weighted by Crippen LogP contribution is 2.24. The molecule has 0 heterocycles. The highest BCUT2D eigenvalue weighted by Gasteiger charge is 2.02. The molecule has 1 aromatic rings. The zero-order chi connectivity index (χ0) is 11.3. The van der Waals surface area contributed by atoms with Crippen molar-refractivity contribution in [3.63, 3.8) is 0 Å². The number of hydrogen-bond acceptors (Lipinski definition) is 2. The van der Waals surface area contributed by atoms with Crippen molar-refractivity contribution in [1.29, 1.82) is 0 Å². The number of ether oxygens (including phenoxy) is 1. The van der Waals surface area contributed by atoms with Gasteiger partial charge in [0.1, 0.15) is 5.75 Å². The van der Waals surface area contributed by atoms with E-state index in [1.165, 1.54) is 6.42 Å². The van der Waals surface area contributed by atoms with Gasteiger partial charge in [-0.05, 0) is 37.3 Å². The standard InChI is InChI=1S/C13H21NO/c1-10(2)6-5-9-15-12-8-4-7-11(3)13(12)14/h4,7-8,10H,5-6,9,14H2,1-3H3. The van der Waals surface area contributed by atoms with E-state index in [4.69, 9.17) is 10.5 Å². The third-order valence-corrected chi connectivity index (χ3v) is 2.47. The van der Waals surface area contributed by atoms with Gasteiger partial charge in [0.05, 0.1) is 12.3 Å². The van der Waals surface area contributed by atoms with Gasteiger partial charge in [0, 0.05) is 0 Å². The first-order chi connectivity index (χ1) is 7.11. The first-order valence-corrected chi connectivity index (χ1v) is 5.59. The van der Waals surface area contributed by atoms with Crippen LogP contribution in [0.3, 0.4) is 0 Å². The van der Waals surface area contributed by atoms with Crippen LogP contribution in [0.4, 0.5) is 5.69 Å². The highest BCUT2D eigenvalue weighted by atomic mass is 16.5. The van der Waals surface area contributed by atoms with Crippen LogP contribution in [0.2, 0.25) is 0 Å². The number of hydrogen-bond donors (Lipinski definition) is 1. The van der Waals surface area contributed by atoms with Crippen LogP contribution < -0.4 is 10.5 Å². The summed E-state index contributed by atoms with van der Waals surface area (Å²) < 4.78 is 5.64. The van der Waals surface area contributed by atoms with Crippen LogP contribution in [-0.2, 0) is 0 Å². The van der Waals surface area contributed by atoms with Gasteiger partial charge in [0.15, 0.2) is 0 Å². The van der Waals surface area contributed by atoms with Gasteiger partial charge in [-0.25, -0.2) is 0 Å². The van der Waals surface area contributed by atoms with Crippen LogP contribution in [0, 0.1) is 12.8 Å². The van der Waals surface area contributed by atoms with Gasteiger partial charge in [-0.1, -0.05) is 26.0 Å². The zero-order valence-electron chi connectivity index (χ0n) is 9.92. The summed E-state index contributed by atoms with van der Waals surface area (Å²) in [6.07, 6.45) is 2.29. The molecule has 0 aliphatic heterocycles. The van der Waals surface area contributed by atoms with Crippen molar-refractivity contribution < 1.29 is 4.74 Å². The molecule has 0 radical (unpaired) electrons. The number of anilines is 1. The third kappa shape index (κ3) is 3.82. The van der Waals surface area contributed by atoms with E-state index in [0.29, 0.717) is 0 Å². The Morgan fingerprint density at radius 1 is 1.33 bits per heavy atom. The van der Waals surface area contributed by atoms with Gasteiger partial charge in [0.25, 0.3) is 0 Å². The lowest BCUT2D eigenvalue weighted by molar-refractivity contribution is 0.299. The fourth-order valence-electron chi connectivity index (χ4n) is 1.45. The molecule has 0 aliphatic rings. The van der Waals surface area contributed by atoms with E-state index < -0.39 is 0 Å². The Morgan fingerprint density at radius 2 is 2.07 bits per heavy atom. The summed E-state index contributed by atoms with van der Waals surface area (Å²) in [6.45, 7) is 7.20. The molecular weight excluding hydrogens is 186 g/mol. The number of benzene rings is 1. The summed E-state index contributed by atoms with van der Waals surface area (Å²) in [5.74, 6) is 1.56. The third-order valence-electron chi connectivity index (χ3n) is 2.47. The molecule has 1 rings (SSSR count). The van der Waals surface area contributed by atoms with Gasteiger partial charge in [-0.2, -0.15) is 0 Å². The molecule has 2 N–H and O–H groups in total. The lowest BCUT2D eigenvalue weighted by Gasteiger charge is -2.11. The molecule has 1 aromatic carbocycles. The fourth-order valence-corrected chi connectivity index (χ4v) is 1.45. The second kappa shape index (κ2) is 5.64. The van der Waals surface area contributed by atoms with E-state index in [1.807, 2.05) is 25.1 Å². The molecular formula is C13H21NO. The van der Waals surface area contributed by atoms with Crippen molar-refractivity contribution in [2.75, 3.05) is 12.3 Å². The first kappa shape index (κ1) is 11.9. The van der Waals surface area contributed by atoms with Gasteiger partial charge in [-0.15, -0.1) is 0 Å². The minimum absolute atomic E-state index is 0.739. The maximum Gasteiger partial charge on any atom is 0.142 e. The smallest absolute Gasteiger partial charge is 0.142 e. The minimum atomic E-state index is 0.739. The lowest BCUT2D eigenvalue weighted by Crippen LogP contribution is -2.02. The monoisotopic (exact) mass is 207 g/mol. The van der Waals surface area contributed by atoms with Crippen LogP contribution in [0.25, 0.3) is 0 Å². The molecule has 84 valence electrons. The zero-order valence-corrected chi connectivity index (χ0v) is 9.92. The van der Waals surface area contributed by atoms with Crippen LogP contribution in [0.5, 0.6) is 5.75 Å². The Morgan fingerprint density at radius 3 is 2.73 bits per heavy atom. The maximum atomic E-state index is 5.90. The van der Waals surface area contributed by atoms with E-state index in [-0.39, 0.29) is 0 Å². The molecule has 0 unspecified atom stereocenters. The number of aryl methyl sites for hydroxylation is 1. The summed E-state index contributed by atoms with van der Waals surface area (Å²) in [5, 5.41) is 0. The van der Waals surface area contributed by atoms with Crippen LogP contribution >= 0.6 is 0 Å². The second-order valence-corrected chi connectivity index (χ2v) is 4.37. The van der Waals surface area contributed by atoms with Gasteiger partial charge in [0.2, 0.25) is 0 Å². The largest absolute Gasteiger partial charge is 0.491 e. The summed E-state index contributed by atoms with van der Waals surface area (Å²) in [7, 11) is 0. The Balaban J connectivity index is 2.41.